The van der Waals surface area contributed by atoms with Gasteiger partial charge in [0.25, 0.3) is 0 Å². The van der Waals surface area contributed by atoms with Crippen LogP contribution in [-0.2, 0) is 0 Å². The van der Waals surface area contributed by atoms with Crippen LogP contribution >= 0.6 is 0 Å². The van der Waals surface area contributed by atoms with Crippen molar-refractivity contribution in [2.24, 2.45) is 0 Å². The van der Waals surface area contributed by atoms with Crippen LogP contribution in [0.3, 0.4) is 0 Å². The molecule has 1 saturated carbocycles. The van der Waals surface area contributed by atoms with Crippen molar-refractivity contribution in [3.63, 3.8) is 0 Å². The molecule has 6 nitrogen and oxygen atoms in total. The van der Waals surface area contributed by atoms with Gasteiger partial charge in [-0.1, -0.05) is 37.5 Å². The number of para-hydroxylation sites is 1. The van der Waals surface area contributed by atoms with E-state index in [1.54, 1.807) is 12.1 Å². The zero-order valence-electron chi connectivity index (χ0n) is 17.3. The van der Waals surface area contributed by atoms with Crippen molar-refractivity contribution in [1.29, 1.82) is 10.7 Å². The molecular weight excluding hydrogens is 374 g/mol. The van der Waals surface area contributed by atoms with Crippen LogP contribution in [0.4, 0.5) is 11.4 Å². The highest BCUT2D eigenvalue weighted by molar-refractivity contribution is 5.93. The molecule has 1 aliphatic carbocycles. The van der Waals surface area contributed by atoms with Gasteiger partial charge in [0, 0.05) is 37.9 Å². The molecule has 1 heterocycles. The zero-order chi connectivity index (χ0) is 20.8. The second-order valence-corrected chi connectivity index (χ2v) is 7.99. The highest BCUT2D eigenvalue weighted by atomic mass is 16.5. The Morgan fingerprint density at radius 1 is 0.933 bits per heavy atom. The van der Waals surface area contributed by atoms with Gasteiger partial charge in [-0.3, -0.25) is 4.90 Å². The molecule has 6 heteroatoms. The second-order valence-electron chi connectivity index (χ2n) is 7.99. The third-order valence-corrected chi connectivity index (χ3v) is 6.14. The van der Waals surface area contributed by atoms with Crippen molar-refractivity contribution in [2.75, 3.05) is 36.0 Å². The lowest BCUT2D eigenvalue weighted by molar-refractivity contribution is 0.148. The molecule has 0 amide bonds. The number of nitriles is 1. The van der Waals surface area contributed by atoms with Crippen LogP contribution in [0.25, 0.3) is 0 Å². The first kappa shape index (κ1) is 20.2. The van der Waals surface area contributed by atoms with Crippen LogP contribution in [0, 0.1) is 16.9 Å². The van der Waals surface area contributed by atoms with Crippen LogP contribution in [0.2, 0.25) is 0 Å². The number of nitrogens with zero attached hydrogens (tertiary/aromatic N) is 4. The van der Waals surface area contributed by atoms with E-state index in [1.807, 2.05) is 48.7 Å². The predicted molar refractivity (Wildman–Crippen MR) is 120 cm³/mol. The maximum Gasteiger partial charge on any atom is 0.308 e. The van der Waals surface area contributed by atoms with Crippen LogP contribution in [-0.4, -0.2) is 43.1 Å². The molecule has 2 aromatic rings. The fourth-order valence-electron chi connectivity index (χ4n) is 4.47. The molecule has 2 aromatic carbocycles. The number of amidine groups is 1. The molecule has 156 valence electrons. The molecule has 1 saturated heterocycles. The van der Waals surface area contributed by atoms with E-state index >= 15 is 0 Å². The SMILES string of the molecule is N#CN(C(=N)Oc1ccccc1)c1ccc(N2CCN(C3CCCCC3)CC2)cc1. The van der Waals surface area contributed by atoms with Gasteiger partial charge in [-0.15, -0.1) is 0 Å². The first-order chi connectivity index (χ1) is 14.7. The van der Waals surface area contributed by atoms with Crippen LogP contribution in [0.1, 0.15) is 32.1 Å². The number of benzene rings is 2. The quantitative estimate of drug-likeness (QED) is 0.354. The molecule has 30 heavy (non-hydrogen) atoms. The molecule has 0 aromatic heterocycles. The molecule has 0 unspecified atom stereocenters. The molecule has 2 aliphatic rings. The molecule has 2 fully saturated rings. The topological polar surface area (TPSA) is 66.6 Å². The standard InChI is InChI=1S/C24H29N5O/c25-19-29(24(26)30-23-9-5-2-6-10-23)22-13-11-21(12-14-22)28-17-15-27(16-18-28)20-7-3-1-4-8-20/h2,5-6,9-14,20,26H,1,3-4,7-8,15-18H2. The summed E-state index contributed by atoms with van der Waals surface area (Å²) in [6.45, 7) is 4.30. The third-order valence-electron chi connectivity index (χ3n) is 6.14. The Morgan fingerprint density at radius 2 is 1.60 bits per heavy atom. The lowest BCUT2D eigenvalue weighted by atomic mass is 9.94. The summed E-state index contributed by atoms with van der Waals surface area (Å²) < 4.78 is 5.51. The summed E-state index contributed by atoms with van der Waals surface area (Å²) in [5.41, 5.74) is 1.79. The fraction of sp³-hybridized carbons (Fsp3) is 0.417. The van der Waals surface area contributed by atoms with E-state index in [0.717, 1.165) is 37.9 Å². The highest BCUT2D eigenvalue weighted by Gasteiger charge is 2.25. The van der Waals surface area contributed by atoms with E-state index in [2.05, 4.69) is 9.80 Å². The van der Waals surface area contributed by atoms with E-state index in [4.69, 9.17) is 10.1 Å². The van der Waals surface area contributed by atoms with Crippen molar-refractivity contribution in [1.82, 2.24) is 4.90 Å². The van der Waals surface area contributed by atoms with Crippen molar-refractivity contribution in [3.8, 4) is 11.9 Å². The van der Waals surface area contributed by atoms with Crippen molar-refractivity contribution in [2.45, 2.75) is 38.1 Å². The number of anilines is 2. The second kappa shape index (κ2) is 9.64. The van der Waals surface area contributed by atoms with Gasteiger partial charge in [0.1, 0.15) is 5.75 Å². The summed E-state index contributed by atoms with van der Waals surface area (Å²) >= 11 is 0. The maximum atomic E-state index is 9.54. The Hall–Kier alpha value is -3.04. The van der Waals surface area contributed by atoms with Crippen LogP contribution in [0.5, 0.6) is 5.75 Å². The van der Waals surface area contributed by atoms with E-state index in [1.165, 1.54) is 37.0 Å². The summed E-state index contributed by atoms with van der Waals surface area (Å²) in [5.74, 6) is 0.537. The molecular formula is C24H29N5O. The highest BCUT2D eigenvalue weighted by Crippen LogP contribution is 2.26. The Labute approximate surface area is 178 Å². The number of piperazine rings is 1. The number of rotatable bonds is 4. The van der Waals surface area contributed by atoms with E-state index in [-0.39, 0.29) is 6.02 Å². The largest absolute Gasteiger partial charge is 0.425 e. The Kier molecular flexibility index (Phi) is 6.50. The average molecular weight is 404 g/mol. The summed E-state index contributed by atoms with van der Waals surface area (Å²) in [4.78, 5) is 6.27. The lowest BCUT2D eigenvalue weighted by Crippen LogP contribution is -2.50. The summed E-state index contributed by atoms with van der Waals surface area (Å²) in [5, 5.41) is 17.7. The van der Waals surface area contributed by atoms with Gasteiger partial charge < -0.3 is 9.64 Å². The van der Waals surface area contributed by atoms with E-state index < -0.39 is 0 Å². The Bertz CT molecular complexity index is 863. The Balaban J connectivity index is 1.35. The molecule has 1 aliphatic heterocycles. The van der Waals surface area contributed by atoms with Gasteiger partial charge in [-0.2, -0.15) is 10.2 Å². The van der Waals surface area contributed by atoms with Gasteiger partial charge in [0.05, 0.1) is 5.69 Å². The molecule has 4 rings (SSSR count). The number of nitrogens with one attached hydrogen (secondary N) is 1. The fourth-order valence-corrected chi connectivity index (χ4v) is 4.47. The summed E-state index contributed by atoms with van der Waals surface area (Å²) in [7, 11) is 0. The molecule has 1 N–H and O–H groups in total. The predicted octanol–water partition coefficient (Wildman–Crippen LogP) is 4.44. The van der Waals surface area contributed by atoms with E-state index in [9.17, 15) is 5.26 Å². The first-order valence-electron chi connectivity index (χ1n) is 10.8. The molecule has 0 spiro atoms. The van der Waals surface area contributed by atoms with E-state index in [0.29, 0.717) is 11.4 Å². The van der Waals surface area contributed by atoms with Gasteiger partial charge in [-0.05, 0) is 49.2 Å². The Morgan fingerprint density at radius 3 is 2.23 bits per heavy atom. The van der Waals surface area contributed by atoms with Crippen LogP contribution < -0.4 is 14.5 Å². The first-order valence-corrected chi connectivity index (χ1v) is 10.8. The average Bonchev–Trinajstić information content (AvgIpc) is 2.81. The minimum atomic E-state index is -0.211. The number of ether oxygens (including phenoxy) is 1. The number of hydrogen-bond acceptors (Lipinski definition) is 5. The minimum absolute atomic E-state index is 0.211. The lowest BCUT2D eigenvalue weighted by Gasteiger charge is -2.41. The number of hydrogen-bond donors (Lipinski definition) is 1. The van der Waals surface area contributed by atoms with Crippen molar-refractivity contribution >= 4 is 17.4 Å². The van der Waals surface area contributed by atoms with Gasteiger partial charge in [0.15, 0.2) is 6.19 Å². The van der Waals surface area contributed by atoms with Gasteiger partial charge >= 0.3 is 6.02 Å². The van der Waals surface area contributed by atoms with Gasteiger partial charge in [0.2, 0.25) is 0 Å². The monoisotopic (exact) mass is 403 g/mol. The third kappa shape index (κ3) is 4.74. The van der Waals surface area contributed by atoms with Crippen molar-refractivity contribution < 1.29 is 4.74 Å². The molecule has 0 atom stereocenters. The molecule has 0 radical (unpaired) electrons. The normalized spacial score (nSPS) is 17.9. The summed E-state index contributed by atoms with van der Waals surface area (Å²) in [6, 6.07) is 17.5. The van der Waals surface area contributed by atoms with Crippen LogP contribution in [0.15, 0.2) is 54.6 Å². The smallest absolute Gasteiger partial charge is 0.308 e. The maximum absolute atomic E-state index is 9.54. The van der Waals surface area contributed by atoms with Gasteiger partial charge in [-0.25, -0.2) is 5.41 Å². The van der Waals surface area contributed by atoms with Crippen molar-refractivity contribution in [3.05, 3.63) is 54.6 Å². The molecule has 0 bridgehead atoms. The minimum Gasteiger partial charge on any atom is -0.425 e. The summed E-state index contributed by atoms with van der Waals surface area (Å²) in [6.07, 6.45) is 8.92. The zero-order valence-corrected chi connectivity index (χ0v) is 17.3.